The average Bonchev–Trinajstić information content (AvgIpc) is 2.64. The lowest BCUT2D eigenvalue weighted by Crippen LogP contribution is -2.21. The topological polar surface area (TPSA) is 55.8 Å². The molecule has 0 saturated carbocycles. The van der Waals surface area contributed by atoms with E-state index in [9.17, 15) is 0 Å². The van der Waals surface area contributed by atoms with E-state index in [1.165, 1.54) is 0 Å². The summed E-state index contributed by atoms with van der Waals surface area (Å²) in [5, 5.41) is 7.90. The van der Waals surface area contributed by atoms with Crippen LogP contribution in [0.1, 0.15) is 11.1 Å². The SMILES string of the molecule is Cc1cc(C(=N)N(C)C)cc2[nH]cnc12. The minimum absolute atomic E-state index is 0.509. The van der Waals surface area contributed by atoms with Crippen molar-refractivity contribution in [1.29, 1.82) is 5.41 Å². The molecule has 4 nitrogen and oxygen atoms in total. The molecule has 0 fully saturated rings. The third-order valence-electron chi connectivity index (χ3n) is 2.43. The second-order valence-electron chi connectivity index (χ2n) is 3.83. The fourth-order valence-electron chi connectivity index (χ4n) is 1.62. The number of hydrogen-bond acceptors (Lipinski definition) is 2. The third-order valence-corrected chi connectivity index (χ3v) is 2.43. The average molecular weight is 202 g/mol. The van der Waals surface area contributed by atoms with Gasteiger partial charge in [0.25, 0.3) is 0 Å². The molecule has 0 aliphatic rings. The van der Waals surface area contributed by atoms with Crippen molar-refractivity contribution >= 4 is 16.9 Å². The van der Waals surface area contributed by atoms with Crippen molar-refractivity contribution in [3.63, 3.8) is 0 Å². The van der Waals surface area contributed by atoms with Gasteiger partial charge >= 0.3 is 0 Å². The van der Waals surface area contributed by atoms with Crippen LogP contribution < -0.4 is 0 Å². The number of aromatic amines is 1. The van der Waals surface area contributed by atoms with E-state index in [4.69, 9.17) is 5.41 Å². The van der Waals surface area contributed by atoms with Gasteiger partial charge in [-0.3, -0.25) is 5.41 Å². The van der Waals surface area contributed by atoms with Crippen LogP contribution in [0, 0.1) is 12.3 Å². The van der Waals surface area contributed by atoms with Crippen LogP contribution in [0.15, 0.2) is 18.5 Å². The summed E-state index contributed by atoms with van der Waals surface area (Å²) >= 11 is 0. The monoisotopic (exact) mass is 202 g/mol. The molecular formula is C11H14N4. The Bertz CT molecular complexity index is 510. The Labute approximate surface area is 88.4 Å². The highest BCUT2D eigenvalue weighted by atomic mass is 15.1. The first-order valence-corrected chi connectivity index (χ1v) is 4.79. The van der Waals surface area contributed by atoms with Crippen LogP contribution >= 0.6 is 0 Å². The van der Waals surface area contributed by atoms with E-state index < -0.39 is 0 Å². The number of nitrogens with zero attached hydrogens (tertiary/aromatic N) is 2. The second kappa shape index (κ2) is 3.38. The third kappa shape index (κ3) is 1.58. The summed E-state index contributed by atoms with van der Waals surface area (Å²) < 4.78 is 0. The van der Waals surface area contributed by atoms with Gasteiger partial charge in [0.2, 0.25) is 0 Å². The number of fused-ring (bicyclic) bond motifs is 1. The number of H-pyrrole nitrogens is 1. The number of aryl methyl sites for hydroxylation is 1. The molecule has 0 atom stereocenters. The molecule has 78 valence electrons. The molecule has 1 heterocycles. The molecule has 1 aromatic carbocycles. The molecule has 15 heavy (non-hydrogen) atoms. The summed E-state index contributed by atoms with van der Waals surface area (Å²) in [5.74, 6) is 0.509. The van der Waals surface area contributed by atoms with Crippen molar-refractivity contribution in [3.05, 3.63) is 29.6 Å². The van der Waals surface area contributed by atoms with Crippen LogP contribution in [0.25, 0.3) is 11.0 Å². The highest BCUT2D eigenvalue weighted by Crippen LogP contribution is 2.17. The number of imidazole rings is 1. The summed E-state index contributed by atoms with van der Waals surface area (Å²) in [6.45, 7) is 2.01. The lowest BCUT2D eigenvalue weighted by atomic mass is 10.1. The van der Waals surface area contributed by atoms with E-state index in [1.54, 1.807) is 11.2 Å². The van der Waals surface area contributed by atoms with Crippen LogP contribution in [0.2, 0.25) is 0 Å². The Morgan fingerprint density at radius 2 is 2.13 bits per heavy atom. The predicted octanol–water partition coefficient (Wildman–Crippen LogP) is 1.76. The number of amidine groups is 1. The number of aromatic nitrogens is 2. The number of benzene rings is 1. The first-order chi connectivity index (χ1) is 7.09. The van der Waals surface area contributed by atoms with Gasteiger partial charge in [-0.1, -0.05) is 0 Å². The van der Waals surface area contributed by atoms with E-state index in [1.807, 2.05) is 33.2 Å². The van der Waals surface area contributed by atoms with Crippen molar-refractivity contribution in [1.82, 2.24) is 14.9 Å². The second-order valence-corrected chi connectivity index (χ2v) is 3.83. The van der Waals surface area contributed by atoms with Crippen LogP contribution in [-0.4, -0.2) is 34.8 Å². The fourth-order valence-corrected chi connectivity index (χ4v) is 1.62. The Balaban J connectivity index is 2.59. The van der Waals surface area contributed by atoms with Crippen LogP contribution in [-0.2, 0) is 0 Å². The molecule has 4 heteroatoms. The summed E-state index contributed by atoms with van der Waals surface area (Å²) in [5.41, 5.74) is 3.96. The highest BCUT2D eigenvalue weighted by Gasteiger charge is 2.08. The smallest absolute Gasteiger partial charge is 0.127 e. The van der Waals surface area contributed by atoms with Gasteiger partial charge in [0.15, 0.2) is 0 Å². The molecule has 0 aliphatic carbocycles. The molecule has 0 saturated heterocycles. The predicted molar refractivity (Wildman–Crippen MR) is 61.3 cm³/mol. The van der Waals surface area contributed by atoms with Gasteiger partial charge in [-0.2, -0.15) is 0 Å². The van der Waals surface area contributed by atoms with E-state index in [-0.39, 0.29) is 0 Å². The quantitative estimate of drug-likeness (QED) is 0.547. The Morgan fingerprint density at radius 3 is 2.80 bits per heavy atom. The molecule has 0 spiro atoms. The molecule has 0 bridgehead atoms. The molecule has 0 unspecified atom stereocenters. The Morgan fingerprint density at radius 1 is 1.40 bits per heavy atom. The zero-order valence-electron chi connectivity index (χ0n) is 9.13. The molecule has 1 aromatic heterocycles. The maximum absolute atomic E-state index is 7.90. The highest BCUT2D eigenvalue weighted by molar-refractivity contribution is 5.99. The van der Waals surface area contributed by atoms with Crippen LogP contribution in [0.5, 0.6) is 0 Å². The zero-order valence-corrected chi connectivity index (χ0v) is 9.13. The van der Waals surface area contributed by atoms with E-state index in [0.29, 0.717) is 5.84 Å². The first kappa shape index (κ1) is 9.71. The van der Waals surface area contributed by atoms with Gasteiger partial charge in [-0.25, -0.2) is 4.98 Å². The van der Waals surface area contributed by atoms with Gasteiger partial charge in [-0.15, -0.1) is 0 Å². The standard InChI is InChI=1S/C11H14N4/c1-7-4-8(11(12)15(2)3)5-9-10(7)14-6-13-9/h4-6,12H,1-3H3,(H,13,14). The summed E-state index contributed by atoms with van der Waals surface area (Å²) in [7, 11) is 3.74. The zero-order chi connectivity index (χ0) is 11.0. The molecule has 0 radical (unpaired) electrons. The molecule has 0 amide bonds. The van der Waals surface area contributed by atoms with Gasteiger partial charge in [0.05, 0.1) is 17.4 Å². The van der Waals surface area contributed by atoms with Gasteiger partial charge in [-0.05, 0) is 24.6 Å². The van der Waals surface area contributed by atoms with Crippen molar-refractivity contribution < 1.29 is 0 Å². The lowest BCUT2D eigenvalue weighted by Gasteiger charge is -2.14. The maximum atomic E-state index is 7.90. The molecule has 2 rings (SSSR count). The van der Waals surface area contributed by atoms with Gasteiger partial charge in [0.1, 0.15) is 5.84 Å². The number of hydrogen-bond donors (Lipinski definition) is 2. The summed E-state index contributed by atoms with van der Waals surface area (Å²) in [6, 6.07) is 3.95. The Hall–Kier alpha value is -1.84. The minimum atomic E-state index is 0.509. The van der Waals surface area contributed by atoms with E-state index in [0.717, 1.165) is 22.2 Å². The van der Waals surface area contributed by atoms with E-state index >= 15 is 0 Å². The molecule has 2 aromatic rings. The van der Waals surface area contributed by atoms with Crippen LogP contribution in [0.3, 0.4) is 0 Å². The Kier molecular flexibility index (Phi) is 2.19. The number of rotatable bonds is 1. The van der Waals surface area contributed by atoms with Crippen molar-refractivity contribution in [2.75, 3.05) is 14.1 Å². The molecule has 0 aliphatic heterocycles. The van der Waals surface area contributed by atoms with Crippen molar-refractivity contribution in [2.24, 2.45) is 0 Å². The van der Waals surface area contributed by atoms with Gasteiger partial charge < -0.3 is 9.88 Å². The normalized spacial score (nSPS) is 10.6. The number of nitrogens with one attached hydrogen (secondary N) is 2. The largest absolute Gasteiger partial charge is 0.363 e. The first-order valence-electron chi connectivity index (χ1n) is 4.79. The van der Waals surface area contributed by atoms with Crippen molar-refractivity contribution in [2.45, 2.75) is 6.92 Å². The van der Waals surface area contributed by atoms with E-state index in [2.05, 4.69) is 9.97 Å². The summed E-state index contributed by atoms with van der Waals surface area (Å²) in [4.78, 5) is 9.08. The van der Waals surface area contributed by atoms with Gasteiger partial charge in [0, 0.05) is 19.7 Å². The van der Waals surface area contributed by atoms with Crippen LogP contribution in [0.4, 0.5) is 0 Å². The molecule has 2 N–H and O–H groups in total. The summed E-state index contributed by atoms with van der Waals surface area (Å²) in [6.07, 6.45) is 1.68. The lowest BCUT2D eigenvalue weighted by molar-refractivity contribution is 0.619. The van der Waals surface area contributed by atoms with Crippen molar-refractivity contribution in [3.8, 4) is 0 Å². The minimum Gasteiger partial charge on any atom is -0.363 e. The molecular weight excluding hydrogens is 188 g/mol. The maximum Gasteiger partial charge on any atom is 0.127 e. The fraction of sp³-hybridized carbons (Fsp3) is 0.273.